The van der Waals surface area contributed by atoms with Crippen molar-refractivity contribution in [2.45, 2.75) is 30.1 Å². The first kappa shape index (κ1) is 18.6. The predicted molar refractivity (Wildman–Crippen MR) is 95.2 cm³/mol. The highest BCUT2D eigenvalue weighted by Crippen LogP contribution is 2.22. The van der Waals surface area contributed by atoms with Gasteiger partial charge in [0.25, 0.3) is 5.91 Å². The number of nitrogens with zero attached hydrogens (tertiary/aromatic N) is 1. The van der Waals surface area contributed by atoms with E-state index in [1.807, 2.05) is 0 Å². The van der Waals surface area contributed by atoms with Gasteiger partial charge in [-0.2, -0.15) is 0 Å². The zero-order valence-electron chi connectivity index (χ0n) is 14.3. The van der Waals surface area contributed by atoms with Crippen LogP contribution in [-0.2, 0) is 16.4 Å². The molecule has 2 heterocycles. The molecule has 8 nitrogen and oxygen atoms in total. The van der Waals surface area contributed by atoms with Crippen LogP contribution < -0.4 is 15.8 Å². The first-order chi connectivity index (χ1) is 12.4. The van der Waals surface area contributed by atoms with Crippen LogP contribution in [0.25, 0.3) is 0 Å². The van der Waals surface area contributed by atoms with Crippen LogP contribution in [0.5, 0.6) is 0 Å². The Hall–Kier alpha value is -2.23. The maximum absolute atomic E-state index is 12.2. The highest BCUT2D eigenvalue weighted by molar-refractivity contribution is 7.89. The summed E-state index contributed by atoms with van der Waals surface area (Å²) < 4.78 is 27.9. The number of carbonyl (C=O) groups is 1. The highest BCUT2D eigenvalue weighted by Gasteiger charge is 2.21. The Bertz CT molecular complexity index is 855. The number of hydrogen-bond donors (Lipinski definition) is 3. The van der Waals surface area contributed by atoms with Crippen molar-refractivity contribution in [1.82, 2.24) is 15.6 Å². The molecular weight excluding hydrogens is 356 g/mol. The molecule has 0 radical (unpaired) electrons. The maximum Gasteiger partial charge on any atom is 0.273 e. The first-order valence-corrected chi connectivity index (χ1v) is 10.0. The van der Waals surface area contributed by atoms with Crippen LogP contribution in [-0.4, -0.2) is 38.9 Å². The number of oxazole rings is 1. The molecule has 4 N–H and O–H groups in total. The van der Waals surface area contributed by atoms with Crippen molar-refractivity contribution in [2.75, 3.05) is 19.6 Å². The number of hydrogen-bond acceptors (Lipinski definition) is 6. The molecule has 9 heteroatoms. The van der Waals surface area contributed by atoms with Gasteiger partial charge >= 0.3 is 0 Å². The second kappa shape index (κ2) is 7.98. The summed E-state index contributed by atoms with van der Waals surface area (Å²) >= 11 is 0. The smallest absolute Gasteiger partial charge is 0.273 e. The fourth-order valence-electron chi connectivity index (χ4n) is 2.90. The van der Waals surface area contributed by atoms with E-state index in [1.165, 1.54) is 18.4 Å². The molecule has 1 amide bonds. The molecule has 1 aromatic carbocycles. The quantitative estimate of drug-likeness (QED) is 0.681. The van der Waals surface area contributed by atoms with E-state index >= 15 is 0 Å². The zero-order chi connectivity index (χ0) is 18.6. The molecule has 26 heavy (non-hydrogen) atoms. The van der Waals surface area contributed by atoms with E-state index in [4.69, 9.17) is 9.56 Å². The van der Waals surface area contributed by atoms with Crippen molar-refractivity contribution >= 4 is 15.9 Å². The number of nitrogens with two attached hydrogens (primary N) is 1. The van der Waals surface area contributed by atoms with Crippen molar-refractivity contribution in [1.29, 1.82) is 0 Å². The number of carbonyl (C=O) groups excluding carboxylic acids is 1. The van der Waals surface area contributed by atoms with Crippen molar-refractivity contribution < 1.29 is 17.6 Å². The lowest BCUT2D eigenvalue weighted by Gasteiger charge is -2.19. The summed E-state index contributed by atoms with van der Waals surface area (Å²) in [7, 11) is -3.69. The number of piperidine rings is 1. The van der Waals surface area contributed by atoms with Gasteiger partial charge in [-0.3, -0.25) is 4.79 Å². The second-order valence-corrected chi connectivity index (χ2v) is 7.87. The van der Waals surface area contributed by atoms with E-state index in [-0.39, 0.29) is 22.4 Å². The molecule has 0 aliphatic carbocycles. The lowest BCUT2D eigenvalue weighted by atomic mass is 10.00. The van der Waals surface area contributed by atoms with E-state index in [9.17, 15) is 13.2 Å². The molecule has 140 valence electrons. The molecule has 0 spiro atoms. The van der Waals surface area contributed by atoms with Gasteiger partial charge in [0.15, 0.2) is 11.6 Å². The fourth-order valence-corrected chi connectivity index (χ4v) is 3.41. The van der Waals surface area contributed by atoms with Crippen molar-refractivity contribution in [3.05, 3.63) is 47.7 Å². The van der Waals surface area contributed by atoms with Crippen LogP contribution >= 0.6 is 0 Å². The lowest BCUT2D eigenvalue weighted by Crippen LogP contribution is -2.29. The minimum Gasteiger partial charge on any atom is -0.448 e. The van der Waals surface area contributed by atoms with Crippen molar-refractivity contribution in [3.63, 3.8) is 0 Å². The van der Waals surface area contributed by atoms with Crippen LogP contribution in [0.3, 0.4) is 0 Å². The number of nitrogens with one attached hydrogen (secondary N) is 2. The Balaban J connectivity index is 1.50. The third-order valence-electron chi connectivity index (χ3n) is 4.35. The minimum atomic E-state index is -3.69. The largest absolute Gasteiger partial charge is 0.448 e. The molecule has 1 fully saturated rings. The lowest BCUT2D eigenvalue weighted by molar-refractivity contribution is 0.0949. The standard InChI is InChI=1S/C17H22N4O4S/c18-26(23,24)14-5-3-12(4-6-14)7-9-20-16(22)15-11-25-17(21-15)13-2-1-8-19-10-13/h3-6,11,13,19H,1-2,7-10H2,(H,20,22)(H2,18,23,24). The topological polar surface area (TPSA) is 127 Å². The van der Waals surface area contributed by atoms with Gasteiger partial charge in [-0.25, -0.2) is 18.5 Å². The van der Waals surface area contributed by atoms with Gasteiger partial charge in [-0.05, 0) is 43.5 Å². The van der Waals surface area contributed by atoms with E-state index < -0.39 is 10.0 Å². The Kier molecular flexibility index (Phi) is 5.70. The van der Waals surface area contributed by atoms with Crippen molar-refractivity contribution in [2.24, 2.45) is 5.14 Å². The molecule has 1 aliphatic heterocycles. The Morgan fingerprint density at radius 1 is 1.35 bits per heavy atom. The number of aromatic nitrogens is 1. The molecule has 1 aromatic heterocycles. The summed E-state index contributed by atoms with van der Waals surface area (Å²) in [5.41, 5.74) is 1.17. The van der Waals surface area contributed by atoms with Crippen LogP contribution in [0.2, 0.25) is 0 Å². The molecule has 1 aliphatic rings. The first-order valence-electron chi connectivity index (χ1n) is 8.49. The summed E-state index contributed by atoms with van der Waals surface area (Å²) in [5.74, 6) is 0.522. The van der Waals surface area contributed by atoms with Gasteiger partial charge in [0, 0.05) is 19.0 Å². The van der Waals surface area contributed by atoms with E-state index in [0.717, 1.165) is 31.5 Å². The predicted octanol–water partition coefficient (Wildman–Crippen LogP) is 0.761. The van der Waals surface area contributed by atoms with E-state index in [2.05, 4.69) is 15.6 Å². The number of primary sulfonamides is 1. The Labute approximate surface area is 152 Å². The summed E-state index contributed by atoms with van der Waals surface area (Å²) in [6, 6.07) is 6.26. The average Bonchev–Trinajstić information content (AvgIpc) is 3.12. The number of amides is 1. The van der Waals surface area contributed by atoms with Gasteiger partial charge in [0.05, 0.1) is 4.90 Å². The minimum absolute atomic E-state index is 0.0672. The summed E-state index contributed by atoms with van der Waals surface area (Å²) in [6.45, 7) is 2.22. The van der Waals surface area contributed by atoms with Gasteiger partial charge in [0.1, 0.15) is 6.26 Å². The van der Waals surface area contributed by atoms with Crippen molar-refractivity contribution in [3.8, 4) is 0 Å². The molecule has 1 atom stereocenters. The Morgan fingerprint density at radius 3 is 2.77 bits per heavy atom. The third-order valence-corrected chi connectivity index (χ3v) is 5.28. The van der Waals surface area contributed by atoms with Gasteiger partial charge < -0.3 is 15.1 Å². The van der Waals surface area contributed by atoms with Crippen LogP contribution in [0, 0.1) is 0 Å². The number of rotatable bonds is 6. The third kappa shape index (κ3) is 4.69. The normalized spacial score (nSPS) is 17.8. The molecule has 2 aromatic rings. The highest BCUT2D eigenvalue weighted by atomic mass is 32.2. The molecular formula is C17H22N4O4S. The number of benzene rings is 1. The van der Waals surface area contributed by atoms with Gasteiger partial charge in [0.2, 0.25) is 10.0 Å². The van der Waals surface area contributed by atoms with Crippen LogP contribution in [0.4, 0.5) is 0 Å². The SMILES string of the molecule is NS(=O)(=O)c1ccc(CCNC(=O)c2coc(C3CCCNC3)n2)cc1. The van der Waals surface area contributed by atoms with Crippen LogP contribution in [0.1, 0.15) is 40.7 Å². The van der Waals surface area contributed by atoms with Gasteiger partial charge in [-0.15, -0.1) is 0 Å². The van der Waals surface area contributed by atoms with E-state index in [1.54, 1.807) is 12.1 Å². The monoisotopic (exact) mass is 378 g/mol. The maximum atomic E-state index is 12.2. The fraction of sp³-hybridized carbons (Fsp3) is 0.412. The van der Waals surface area contributed by atoms with E-state index in [0.29, 0.717) is 18.9 Å². The Morgan fingerprint density at radius 2 is 2.12 bits per heavy atom. The molecule has 3 rings (SSSR count). The molecule has 1 saturated heterocycles. The second-order valence-electron chi connectivity index (χ2n) is 6.31. The zero-order valence-corrected chi connectivity index (χ0v) is 15.1. The summed E-state index contributed by atoms with van der Waals surface area (Å²) in [6.07, 6.45) is 4.02. The average molecular weight is 378 g/mol. The van der Waals surface area contributed by atoms with Gasteiger partial charge in [-0.1, -0.05) is 12.1 Å². The van der Waals surface area contributed by atoms with Crippen LogP contribution in [0.15, 0.2) is 39.8 Å². The molecule has 0 saturated carbocycles. The molecule has 0 bridgehead atoms. The summed E-state index contributed by atoms with van der Waals surface area (Å²) in [4.78, 5) is 16.5. The summed E-state index contributed by atoms with van der Waals surface area (Å²) in [5, 5.41) is 11.1. The molecule has 1 unspecified atom stereocenters. The number of sulfonamides is 1.